The highest BCUT2D eigenvalue weighted by Gasteiger charge is 2.40. The third kappa shape index (κ3) is 6.73. The van der Waals surface area contributed by atoms with Gasteiger partial charge in [0.25, 0.3) is 0 Å². The van der Waals surface area contributed by atoms with Crippen LogP contribution in [-0.2, 0) is 24.9 Å². The SMILES string of the molecule is CCCCOc1ccc(CC2(C)C(c3ccc(OCc4ccccc4)cc3)=Nc3ccc(Cc4ccccc4)cc32)cc1. The number of ether oxygens (including phenoxy) is 2. The van der Waals surface area contributed by atoms with Gasteiger partial charge in [0, 0.05) is 5.41 Å². The second-order valence-electron chi connectivity index (χ2n) is 11.6. The Balaban J connectivity index is 1.28. The monoisotopic (exact) mass is 565 g/mol. The Labute approximate surface area is 255 Å². The van der Waals surface area contributed by atoms with Crippen LogP contribution in [-0.4, -0.2) is 12.3 Å². The van der Waals surface area contributed by atoms with Crippen molar-refractivity contribution < 1.29 is 9.47 Å². The Hall–Kier alpha value is -4.63. The number of hydrogen-bond donors (Lipinski definition) is 0. The van der Waals surface area contributed by atoms with E-state index >= 15 is 0 Å². The molecule has 1 aliphatic rings. The third-order valence-corrected chi connectivity index (χ3v) is 8.29. The number of nitrogens with zero attached hydrogens (tertiary/aromatic N) is 1. The number of fused-ring (bicyclic) bond motifs is 1. The summed E-state index contributed by atoms with van der Waals surface area (Å²) in [5.74, 6) is 1.79. The predicted octanol–water partition coefficient (Wildman–Crippen LogP) is 9.67. The number of rotatable bonds is 12. The molecule has 1 heterocycles. The van der Waals surface area contributed by atoms with E-state index in [-0.39, 0.29) is 5.41 Å². The normalized spacial score (nSPS) is 15.5. The molecule has 0 N–H and O–H groups in total. The van der Waals surface area contributed by atoms with Crippen molar-refractivity contribution in [3.63, 3.8) is 0 Å². The summed E-state index contributed by atoms with van der Waals surface area (Å²) in [5, 5.41) is 0. The van der Waals surface area contributed by atoms with Crippen LogP contribution < -0.4 is 9.47 Å². The molecule has 5 aromatic rings. The first-order valence-electron chi connectivity index (χ1n) is 15.4. The molecule has 0 spiro atoms. The molecule has 216 valence electrons. The quantitative estimate of drug-likeness (QED) is 0.141. The van der Waals surface area contributed by atoms with E-state index in [2.05, 4.69) is 123 Å². The Morgan fingerprint density at radius 3 is 1.95 bits per heavy atom. The van der Waals surface area contributed by atoms with Gasteiger partial charge in [-0.3, -0.25) is 4.99 Å². The van der Waals surface area contributed by atoms with E-state index in [0.717, 1.165) is 66.3 Å². The molecule has 0 saturated carbocycles. The van der Waals surface area contributed by atoms with Crippen LogP contribution in [0.1, 0.15) is 60.1 Å². The van der Waals surface area contributed by atoms with Crippen LogP contribution in [0.5, 0.6) is 11.5 Å². The lowest BCUT2D eigenvalue weighted by molar-refractivity contribution is 0.306. The lowest BCUT2D eigenvalue weighted by atomic mass is 9.72. The Morgan fingerprint density at radius 2 is 1.26 bits per heavy atom. The molecule has 5 aromatic carbocycles. The van der Waals surface area contributed by atoms with Crippen LogP contribution in [0.15, 0.2) is 132 Å². The van der Waals surface area contributed by atoms with Crippen molar-refractivity contribution in [1.82, 2.24) is 0 Å². The molecule has 0 amide bonds. The average molecular weight is 566 g/mol. The van der Waals surface area contributed by atoms with Crippen LogP contribution in [0.25, 0.3) is 0 Å². The van der Waals surface area contributed by atoms with Gasteiger partial charge in [-0.1, -0.05) is 98.3 Å². The smallest absolute Gasteiger partial charge is 0.119 e. The van der Waals surface area contributed by atoms with Gasteiger partial charge in [-0.05, 0) is 102 Å². The molecule has 6 rings (SSSR count). The molecule has 0 saturated heterocycles. The fourth-order valence-corrected chi connectivity index (χ4v) is 5.89. The van der Waals surface area contributed by atoms with Gasteiger partial charge >= 0.3 is 0 Å². The molecule has 1 unspecified atom stereocenters. The van der Waals surface area contributed by atoms with E-state index in [9.17, 15) is 0 Å². The molecule has 0 fully saturated rings. The largest absolute Gasteiger partial charge is 0.494 e. The number of benzene rings is 5. The zero-order chi connectivity index (χ0) is 29.5. The molecule has 0 bridgehead atoms. The summed E-state index contributed by atoms with van der Waals surface area (Å²) in [6.07, 6.45) is 3.94. The molecular formula is C40H39NO2. The van der Waals surface area contributed by atoms with E-state index in [1.165, 1.54) is 22.3 Å². The van der Waals surface area contributed by atoms with E-state index in [4.69, 9.17) is 14.5 Å². The fraction of sp³-hybridized carbons (Fsp3) is 0.225. The summed E-state index contributed by atoms with van der Waals surface area (Å²) in [6, 6.07) is 44.8. The second-order valence-corrected chi connectivity index (χ2v) is 11.6. The molecule has 43 heavy (non-hydrogen) atoms. The highest BCUT2D eigenvalue weighted by Crippen LogP contribution is 2.45. The molecule has 0 aliphatic carbocycles. The second kappa shape index (κ2) is 13.1. The fourth-order valence-electron chi connectivity index (χ4n) is 5.89. The first-order chi connectivity index (χ1) is 21.1. The maximum atomic E-state index is 6.09. The van der Waals surface area contributed by atoms with Crippen LogP contribution in [0.3, 0.4) is 0 Å². The van der Waals surface area contributed by atoms with Crippen molar-refractivity contribution in [1.29, 1.82) is 0 Å². The molecule has 0 aromatic heterocycles. The van der Waals surface area contributed by atoms with Gasteiger partial charge < -0.3 is 9.47 Å². The van der Waals surface area contributed by atoms with Crippen molar-refractivity contribution >= 4 is 11.4 Å². The lowest BCUT2D eigenvalue weighted by Crippen LogP contribution is -2.33. The highest BCUT2D eigenvalue weighted by molar-refractivity contribution is 6.12. The van der Waals surface area contributed by atoms with E-state index in [1.54, 1.807) is 0 Å². The van der Waals surface area contributed by atoms with Crippen LogP contribution in [0.2, 0.25) is 0 Å². The summed E-state index contributed by atoms with van der Waals surface area (Å²) in [6.45, 7) is 5.83. The van der Waals surface area contributed by atoms with Crippen LogP contribution >= 0.6 is 0 Å². The van der Waals surface area contributed by atoms with Crippen molar-refractivity contribution in [2.75, 3.05) is 6.61 Å². The van der Waals surface area contributed by atoms with Crippen LogP contribution in [0.4, 0.5) is 5.69 Å². The Kier molecular flexibility index (Phi) is 8.70. The molecule has 3 nitrogen and oxygen atoms in total. The summed E-state index contributed by atoms with van der Waals surface area (Å²) in [4.78, 5) is 5.26. The minimum atomic E-state index is -0.293. The number of unbranched alkanes of at least 4 members (excludes halogenated alkanes) is 1. The third-order valence-electron chi connectivity index (χ3n) is 8.29. The Morgan fingerprint density at radius 1 is 0.628 bits per heavy atom. The summed E-state index contributed by atoms with van der Waals surface area (Å²) in [7, 11) is 0. The number of hydrogen-bond acceptors (Lipinski definition) is 3. The van der Waals surface area contributed by atoms with Crippen molar-refractivity contribution in [2.45, 2.75) is 51.6 Å². The Bertz CT molecular complexity index is 1660. The minimum Gasteiger partial charge on any atom is -0.494 e. The molecular weight excluding hydrogens is 526 g/mol. The molecule has 3 heteroatoms. The van der Waals surface area contributed by atoms with Gasteiger partial charge in [0.2, 0.25) is 0 Å². The molecule has 1 aliphatic heterocycles. The predicted molar refractivity (Wildman–Crippen MR) is 177 cm³/mol. The van der Waals surface area contributed by atoms with E-state index in [0.29, 0.717) is 6.61 Å². The van der Waals surface area contributed by atoms with Gasteiger partial charge in [-0.2, -0.15) is 0 Å². The maximum Gasteiger partial charge on any atom is 0.119 e. The highest BCUT2D eigenvalue weighted by atomic mass is 16.5. The van der Waals surface area contributed by atoms with Gasteiger partial charge in [-0.25, -0.2) is 0 Å². The first kappa shape index (κ1) is 28.5. The van der Waals surface area contributed by atoms with E-state index < -0.39 is 0 Å². The van der Waals surface area contributed by atoms with E-state index in [1.807, 2.05) is 18.2 Å². The summed E-state index contributed by atoms with van der Waals surface area (Å²) < 4.78 is 12.0. The lowest BCUT2D eigenvalue weighted by Gasteiger charge is -2.29. The molecule has 1 atom stereocenters. The minimum absolute atomic E-state index is 0.293. The van der Waals surface area contributed by atoms with Gasteiger partial charge in [0.1, 0.15) is 18.1 Å². The van der Waals surface area contributed by atoms with Crippen molar-refractivity contribution in [3.8, 4) is 11.5 Å². The zero-order valence-corrected chi connectivity index (χ0v) is 25.1. The van der Waals surface area contributed by atoms with Gasteiger partial charge in [0.05, 0.1) is 18.0 Å². The maximum absolute atomic E-state index is 6.09. The summed E-state index contributed by atoms with van der Waals surface area (Å²) in [5.41, 5.74) is 9.29. The van der Waals surface area contributed by atoms with Gasteiger partial charge in [-0.15, -0.1) is 0 Å². The molecule has 0 radical (unpaired) electrons. The van der Waals surface area contributed by atoms with Crippen LogP contribution in [0, 0.1) is 0 Å². The topological polar surface area (TPSA) is 30.8 Å². The van der Waals surface area contributed by atoms with Crippen molar-refractivity contribution in [3.05, 3.63) is 161 Å². The van der Waals surface area contributed by atoms with Crippen molar-refractivity contribution in [2.24, 2.45) is 4.99 Å². The average Bonchev–Trinajstić information content (AvgIpc) is 3.33. The zero-order valence-electron chi connectivity index (χ0n) is 25.1. The first-order valence-corrected chi connectivity index (χ1v) is 15.4. The van der Waals surface area contributed by atoms with Gasteiger partial charge in [0.15, 0.2) is 0 Å². The number of aliphatic imine (C=N–C) groups is 1. The standard InChI is InChI=1S/C40H39NO2/c1-3-4-25-42-35-20-15-31(16-21-35)28-40(2)37-27-33(26-30-11-7-5-8-12-30)17-24-38(37)41-39(40)34-18-22-36(23-19-34)43-29-32-13-9-6-10-14-32/h5-24,27H,3-4,25-26,28-29H2,1-2H3. The summed E-state index contributed by atoms with van der Waals surface area (Å²) >= 11 is 0.